The number of benzene rings is 1. The van der Waals surface area contributed by atoms with Gasteiger partial charge in [-0.1, -0.05) is 37.5 Å². The third-order valence-corrected chi connectivity index (χ3v) is 4.95. The number of amides is 1. The van der Waals surface area contributed by atoms with Crippen LogP contribution in [0, 0.1) is 0 Å². The van der Waals surface area contributed by atoms with Crippen molar-refractivity contribution in [3.8, 4) is 11.6 Å². The number of nitrogens with one attached hydrogen (secondary N) is 1. The summed E-state index contributed by atoms with van der Waals surface area (Å²) < 4.78 is 2.05. The SMILES string of the molecule is CC(=O)CNC(=O)c1c(O)n(C2CCCCC2)c(=O)n(-c2ccccc2)c1=O. The van der Waals surface area contributed by atoms with Gasteiger partial charge in [-0.05, 0) is 31.9 Å². The monoisotopic (exact) mass is 385 g/mol. The number of carbonyl (C=O) groups is 2. The first-order valence-corrected chi connectivity index (χ1v) is 9.35. The fourth-order valence-corrected chi connectivity index (χ4v) is 3.58. The van der Waals surface area contributed by atoms with Gasteiger partial charge in [0.25, 0.3) is 11.5 Å². The third kappa shape index (κ3) is 3.76. The van der Waals surface area contributed by atoms with Crippen molar-refractivity contribution in [3.05, 3.63) is 56.7 Å². The highest BCUT2D eigenvalue weighted by Crippen LogP contribution is 2.30. The van der Waals surface area contributed by atoms with E-state index in [9.17, 15) is 24.3 Å². The van der Waals surface area contributed by atoms with Gasteiger partial charge >= 0.3 is 5.69 Å². The van der Waals surface area contributed by atoms with E-state index in [0.717, 1.165) is 28.4 Å². The van der Waals surface area contributed by atoms with Crippen molar-refractivity contribution in [1.29, 1.82) is 0 Å². The Balaban J connectivity index is 2.24. The summed E-state index contributed by atoms with van der Waals surface area (Å²) in [7, 11) is 0. The maximum atomic E-state index is 13.1. The molecule has 2 N–H and O–H groups in total. The quantitative estimate of drug-likeness (QED) is 0.811. The molecule has 1 heterocycles. The molecule has 1 saturated carbocycles. The Hall–Kier alpha value is -3.16. The lowest BCUT2D eigenvalue weighted by molar-refractivity contribution is -0.116. The molecule has 0 bridgehead atoms. The van der Waals surface area contributed by atoms with Crippen LogP contribution in [0.3, 0.4) is 0 Å². The molecule has 0 atom stereocenters. The summed E-state index contributed by atoms with van der Waals surface area (Å²) in [4.78, 5) is 49.9. The van der Waals surface area contributed by atoms with E-state index in [-0.39, 0.29) is 18.4 Å². The Morgan fingerprint density at radius 3 is 2.36 bits per heavy atom. The molecular formula is C20H23N3O5. The Bertz CT molecular complexity index is 1000. The molecule has 1 amide bonds. The lowest BCUT2D eigenvalue weighted by Gasteiger charge is -2.26. The second kappa shape index (κ2) is 8.24. The smallest absolute Gasteiger partial charge is 0.338 e. The molecule has 1 aromatic heterocycles. The van der Waals surface area contributed by atoms with Crippen LogP contribution < -0.4 is 16.6 Å². The number of hydrogen-bond donors (Lipinski definition) is 2. The first-order chi connectivity index (χ1) is 13.4. The minimum absolute atomic E-state index is 0.272. The molecular weight excluding hydrogens is 362 g/mol. The van der Waals surface area contributed by atoms with Gasteiger partial charge < -0.3 is 10.4 Å². The highest BCUT2D eigenvalue weighted by Gasteiger charge is 2.29. The molecule has 2 aromatic rings. The van der Waals surface area contributed by atoms with Crippen LogP contribution in [0.5, 0.6) is 5.88 Å². The Morgan fingerprint density at radius 1 is 1.11 bits per heavy atom. The number of aromatic nitrogens is 2. The molecule has 0 spiro atoms. The number of ketones is 1. The second-order valence-corrected chi connectivity index (χ2v) is 7.00. The second-order valence-electron chi connectivity index (χ2n) is 7.00. The van der Waals surface area contributed by atoms with Gasteiger partial charge in [-0.25, -0.2) is 9.36 Å². The van der Waals surface area contributed by atoms with Gasteiger partial charge in [0.2, 0.25) is 5.88 Å². The molecule has 28 heavy (non-hydrogen) atoms. The van der Waals surface area contributed by atoms with Crippen LogP contribution in [0.1, 0.15) is 55.4 Å². The topological polar surface area (TPSA) is 110 Å². The minimum atomic E-state index is -0.915. The molecule has 0 radical (unpaired) electrons. The molecule has 0 unspecified atom stereocenters. The molecule has 1 aromatic carbocycles. The van der Waals surface area contributed by atoms with Crippen molar-refractivity contribution >= 4 is 11.7 Å². The van der Waals surface area contributed by atoms with Crippen molar-refractivity contribution < 1.29 is 14.7 Å². The van der Waals surface area contributed by atoms with Gasteiger partial charge in [-0.3, -0.25) is 19.0 Å². The summed E-state index contributed by atoms with van der Waals surface area (Å²) in [5.74, 6) is -1.82. The summed E-state index contributed by atoms with van der Waals surface area (Å²) in [6.07, 6.45) is 4.18. The number of hydrogen-bond acceptors (Lipinski definition) is 5. The number of rotatable bonds is 5. The standard InChI is InChI=1S/C20H23N3O5/c1-13(24)12-21-17(25)16-18(26)22(14-8-4-2-5-9-14)20(28)23(19(16)27)15-10-6-3-7-11-15/h2,4-5,8-9,15,27H,3,6-7,10-12H2,1H3,(H,21,25). The van der Waals surface area contributed by atoms with Crippen molar-refractivity contribution in [2.75, 3.05) is 6.54 Å². The molecule has 1 aliphatic rings. The van der Waals surface area contributed by atoms with E-state index in [1.54, 1.807) is 30.3 Å². The zero-order valence-corrected chi connectivity index (χ0v) is 15.7. The van der Waals surface area contributed by atoms with Gasteiger partial charge in [0.15, 0.2) is 5.56 Å². The third-order valence-electron chi connectivity index (χ3n) is 4.95. The highest BCUT2D eigenvalue weighted by atomic mass is 16.3. The fraction of sp³-hybridized carbons (Fsp3) is 0.400. The Kier molecular flexibility index (Phi) is 5.77. The average Bonchev–Trinajstić information content (AvgIpc) is 2.68. The van der Waals surface area contributed by atoms with Gasteiger partial charge in [0.05, 0.1) is 12.2 Å². The van der Waals surface area contributed by atoms with Gasteiger partial charge in [0, 0.05) is 6.04 Å². The first kappa shape index (κ1) is 19.6. The molecule has 1 fully saturated rings. The van der Waals surface area contributed by atoms with Gasteiger partial charge in [-0.2, -0.15) is 0 Å². The Labute approximate surface area is 161 Å². The van der Waals surface area contributed by atoms with Crippen LogP contribution in [0.15, 0.2) is 39.9 Å². The predicted octanol–water partition coefficient (Wildman–Crippen LogP) is 1.53. The fourth-order valence-electron chi connectivity index (χ4n) is 3.58. The van der Waals surface area contributed by atoms with Gasteiger partial charge in [0.1, 0.15) is 5.78 Å². The van der Waals surface area contributed by atoms with Crippen molar-refractivity contribution in [2.24, 2.45) is 0 Å². The lowest BCUT2D eigenvalue weighted by atomic mass is 9.95. The lowest BCUT2D eigenvalue weighted by Crippen LogP contribution is -2.45. The van der Waals surface area contributed by atoms with E-state index in [1.165, 1.54) is 6.92 Å². The van der Waals surface area contributed by atoms with Crippen LogP contribution in [-0.4, -0.2) is 32.5 Å². The van der Waals surface area contributed by atoms with Crippen LogP contribution in [-0.2, 0) is 4.79 Å². The molecule has 1 aliphatic carbocycles. The number of aromatic hydroxyl groups is 1. The largest absolute Gasteiger partial charge is 0.494 e. The van der Waals surface area contributed by atoms with Crippen LogP contribution >= 0.6 is 0 Å². The summed E-state index contributed by atoms with van der Waals surface area (Å²) >= 11 is 0. The number of carbonyl (C=O) groups excluding carboxylic acids is 2. The highest BCUT2D eigenvalue weighted by molar-refractivity contribution is 5.98. The van der Waals surface area contributed by atoms with Crippen molar-refractivity contribution in [3.63, 3.8) is 0 Å². The average molecular weight is 385 g/mol. The van der Waals surface area contributed by atoms with Crippen molar-refractivity contribution in [1.82, 2.24) is 14.5 Å². The summed E-state index contributed by atoms with van der Waals surface area (Å²) in [6, 6.07) is 7.97. The maximum absolute atomic E-state index is 13.1. The molecule has 0 saturated heterocycles. The predicted molar refractivity (Wildman–Crippen MR) is 103 cm³/mol. The summed E-state index contributed by atoms with van der Waals surface area (Å²) in [5, 5.41) is 13.0. The number of nitrogens with zero attached hydrogens (tertiary/aromatic N) is 2. The van der Waals surface area contributed by atoms with E-state index >= 15 is 0 Å². The van der Waals surface area contributed by atoms with E-state index in [4.69, 9.17) is 0 Å². The number of Topliss-reactive ketones (excluding diaryl/α,β-unsaturated/α-hetero) is 1. The first-order valence-electron chi connectivity index (χ1n) is 9.35. The van der Waals surface area contributed by atoms with Crippen LogP contribution in [0.2, 0.25) is 0 Å². The van der Waals surface area contributed by atoms with E-state index in [2.05, 4.69) is 5.32 Å². The number of para-hydroxylation sites is 1. The van der Waals surface area contributed by atoms with E-state index < -0.39 is 28.6 Å². The van der Waals surface area contributed by atoms with Crippen LogP contribution in [0.4, 0.5) is 0 Å². The van der Waals surface area contributed by atoms with Crippen LogP contribution in [0.25, 0.3) is 5.69 Å². The van der Waals surface area contributed by atoms with Crippen molar-refractivity contribution in [2.45, 2.75) is 45.1 Å². The zero-order valence-electron chi connectivity index (χ0n) is 15.7. The molecule has 148 valence electrons. The van der Waals surface area contributed by atoms with E-state index in [1.807, 2.05) is 0 Å². The molecule has 8 nitrogen and oxygen atoms in total. The van der Waals surface area contributed by atoms with Gasteiger partial charge in [-0.15, -0.1) is 0 Å². The molecule has 3 rings (SSSR count). The minimum Gasteiger partial charge on any atom is -0.494 e. The normalized spacial score (nSPS) is 14.6. The summed E-state index contributed by atoms with van der Waals surface area (Å²) in [6.45, 7) is 1.02. The summed E-state index contributed by atoms with van der Waals surface area (Å²) in [5.41, 5.74) is -1.82. The zero-order chi connectivity index (χ0) is 20.3. The molecule has 8 heteroatoms. The Morgan fingerprint density at radius 2 is 1.75 bits per heavy atom. The van der Waals surface area contributed by atoms with E-state index in [0.29, 0.717) is 18.5 Å². The maximum Gasteiger partial charge on any atom is 0.338 e. The molecule has 0 aliphatic heterocycles.